The molecule has 2 bridgehead atoms. The van der Waals surface area contributed by atoms with E-state index in [-0.39, 0.29) is 36.1 Å². The van der Waals surface area contributed by atoms with Crippen molar-refractivity contribution in [1.82, 2.24) is 9.80 Å². The predicted molar refractivity (Wildman–Crippen MR) is 98.3 cm³/mol. The molecule has 5 rings (SSSR count). The predicted octanol–water partition coefficient (Wildman–Crippen LogP) is 0.595. The highest BCUT2D eigenvalue weighted by Crippen LogP contribution is 2.47. The first-order valence-corrected chi connectivity index (χ1v) is 9.88. The van der Waals surface area contributed by atoms with Crippen molar-refractivity contribution in [2.45, 2.75) is 49.5 Å². The highest BCUT2D eigenvalue weighted by Gasteiger charge is 2.55. The highest BCUT2D eigenvalue weighted by molar-refractivity contribution is 6.01. The summed E-state index contributed by atoms with van der Waals surface area (Å²) in [6.45, 7) is 0.715. The van der Waals surface area contributed by atoms with E-state index in [1.807, 2.05) is 4.90 Å². The van der Waals surface area contributed by atoms with Crippen molar-refractivity contribution in [2.24, 2.45) is 11.7 Å². The first-order chi connectivity index (χ1) is 13.9. The summed E-state index contributed by atoms with van der Waals surface area (Å²) in [7, 11) is 0. The Hall–Kier alpha value is -2.57. The summed E-state index contributed by atoms with van der Waals surface area (Å²) in [4.78, 5) is 30.6. The zero-order valence-corrected chi connectivity index (χ0v) is 15.7. The first-order valence-electron chi connectivity index (χ1n) is 9.88. The number of piperidine rings is 1. The van der Waals surface area contributed by atoms with E-state index >= 15 is 0 Å². The monoisotopic (exact) mass is 401 g/mol. The van der Waals surface area contributed by atoms with Crippen LogP contribution in [0.2, 0.25) is 0 Å². The lowest BCUT2D eigenvalue weighted by Gasteiger charge is -2.35. The Labute approximate surface area is 166 Å². The summed E-state index contributed by atoms with van der Waals surface area (Å²) < 4.78 is 27.1. The SMILES string of the molecule is N#C[C@@H]1CC2C[C@@H]2N1C(=O)[C@@H](N)CN1C[C@H]2C[C@@H]1C(=O)N2c1cc(F)cc(F)c1. The van der Waals surface area contributed by atoms with Gasteiger partial charge in [-0.1, -0.05) is 0 Å². The Kier molecular flexibility index (Phi) is 4.12. The van der Waals surface area contributed by atoms with Crippen LogP contribution in [-0.4, -0.2) is 64.9 Å². The van der Waals surface area contributed by atoms with E-state index in [0.29, 0.717) is 25.3 Å². The third kappa shape index (κ3) is 2.90. The van der Waals surface area contributed by atoms with Crippen molar-refractivity contribution in [3.8, 4) is 6.07 Å². The molecule has 3 aliphatic heterocycles. The van der Waals surface area contributed by atoms with Gasteiger partial charge in [0, 0.05) is 30.9 Å². The molecule has 1 aromatic rings. The zero-order valence-electron chi connectivity index (χ0n) is 15.7. The lowest BCUT2D eigenvalue weighted by molar-refractivity contribution is -0.135. The average Bonchev–Trinajstić information content (AvgIpc) is 3.01. The fraction of sp³-hybridized carbons (Fsp3) is 0.550. The van der Waals surface area contributed by atoms with Crippen molar-refractivity contribution in [1.29, 1.82) is 5.26 Å². The third-order valence-corrected chi connectivity index (χ3v) is 6.65. The fourth-order valence-corrected chi connectivity index (χ4v) is 5.29. The van der Waals surface area contributed by atoms with Gasteiger partial charge in [0.2, 0.25) is 11.8 Å². The number of halogens is 2. The number of benzene rings is 1. The summed E-state index contributed by atoms with van der Waals surface area (Å²) in [6.07, 6.45) is 2.18. The summed E-state index contributed by atoms with van der Waals surface area (Å²) >= 11 is 0. The van der Waals surface area contributed by atoms with Gasteiger partial charge in [-0.3, -0.25) is 14.5 Å². The van der Waals surface area contributed by atoms with E-state index in [2.05, 4.69) is 6.07 Å². The number of fused-ring (bicyclic) bond motifs is 3. The summed E-state index contributed by atoms with van der Waals surface area (Å²) in [5.41, 5.74) is 6.39. The molecule has 7 nitrogen and oxygen atoms in total. The Balaban J connectivity index is 1.26. The fourth-order valence-electron chi connectivity index (χ4n) is 5.29. The van der Waals surface area contributed by atoms with E-state index in [4.69, 9.17) is 5.73 Å². The van der Waals surface area contributed by atoms with Gasteiger partial charge in [0.25, 0.3) is 0 Å². The molecule has 1 saturated carbocycles. The molecular formula is C20H21F2N5O2. The number of hydrogen-bond acceptors (Lipinski definition) is 5. The maximum Gasteiger partial charge on any atom is 0.244 e. The third-order valence-electron chi connectivity index (χ3n) is 6.65. The Morgan fingerprint density at radius 2 is 1.97 bits per heavy atom. The van der Waals surface area contributed by atoms with E-state index in [0.717, 1.165) is 24.6 Å². The lowest BCUT2D eigenvalue weighted by Crippen LogP contribution is -2.57. The number of anilines is 1. The maximum atomic E-state index is 13.6. The number of carbonyl (C=O) groups is 2. The van der Waals surface area contributed by atoms with Crippen molar-refractivity contribution in [2.75, 3.05) is 18.0 Å². The van der Waals surface area contributed by atoms with Crippen LogP contribution in [0, 0.1) is 28.9 Å². The Bertz CT molecular complexity index is 914. The number of nitriles is 1. The van der Waals surface area contributed by atoms with Crippen LogP contribution in [0.1, 0.15) is 19.3 Å². The molecule has 3 saturated heterocycles. The Morgan fingerprint density at radius 3 is 2.62 bits per heavy atom. The van der Waals surface area contributed by atoms with Crippen LogP contribution >= 0.6 is 0 Å². The van der Waals surface area contributed by atoms with E-state index < -0.39 is 29.8 Å². The molecule has 9 heteroatoms. The minimum atomic E-state index is -0.808. The summed E-state index contributed by atoms with van der Waals surface area (Å²) in [5, 5.41) is 9.29. The number of hydrogen-bond donors (Lipinski definition) is 1. The Morgan fingerprint density at radius 1 is 1.24 bits per heavy atom. The summed E-state index contributed by atoms with van der Waals surface area (Å²) in [5.74, 6) is -1.50. The molecule has 0 aromatic heterocycles. The number of carbonyl (C=O) groups excluding carboxylic acids is 2. The number of nitrogens with zero attached hydrogens (tertiary/aromatic N) is 4. The molecule has 4 aliphatic rings. The van der Waals surface area contributed by atoms with Gasteiger partial charge < -0.3 is 15.5 Å². The topological polar surface area (TPSA) is 93.7 Å². The second-order valence-electron chi connectivity index (χ2n) is 8.49. The number of nitrogens with two attached hydrogens (primary N) is 1. The van der Waals surface area contributed by atoms with E-state index in [1.54, 1.807) is 4.90 Å². The molecular weight excluding hydrogens is 380 g/mol. The highest BCUT2D eigenvalue weighted by atomic mass is 19.1. The smallest absolute Gasteiger partial charge is 0.244 e. The van der Waals surface area contributed by atoms with Crippen LogP contribution in [0.25, 0.3) is 0 Å². The second kappa shape index (κ2) is 6.47. The molecule has 4 fully saturated rings. The van der Waals surface area contributed by atoms with Crippen LogP contribution in [0.5, 0.6) is 0 Å². The van der Waals surface area contributed by atoms with Gasteiger partial charge in [-0.25, -0.2) is 8.78 Å². The van der Waals surface area contributed by atoms with Crippen molar-refractivity contribution in [3.05, 3.63) is 29.8 Å². The summed E-state index contributed by atoms with van der Waals surface area (Å²) in [6, 6.07) is 3.52. The standard InChI is InChI=1S/C20H21F2N5O2/c21-11-3-12(22)5-13(4-11)26-15-6-18(20(26)29)25(8-15)9-16(24)19(28)27-14(7-23)1-10-2-17(10)27/h3-5,10,14-18H,1-2,6,8-9,24H2/t10?,14-,15+,16-,17-,18+/m0/s1. The average molecular weight is 401 g/mol. The molecule has 3 heterocycles. The largest absolute Gasteiger partial charge is 0.322 e. The molecule has 0 spiro atoms. The van der Waals surface area contributed by atoms with E-state index in [1.165, 1.54) is 4.90 Å². The maximum absolute atomic E-state index is 13.6. The molecule has 1 aromatic carbocycles. The minimum absolute atomic E-state index is 0.133. The van der Waals surface area contributed by atoms with Crippen LogP contribution in [0.15, 0.2) is 18.2 Å². The zero-order chi connectivity index (χ0) is 20.4. The minimum Gasteiger partial charge on any atom is -0.322 e. The second-order valence-corrected chi connectivity index (χ2v) is 8.49. The molecule has 2 N–H and O–H groups in total. The van der Waals surface area contributed by atoms with Crippen molar-refractivity contribution < 1.29 is 18.4 Å². The molecule has 0 radical (unpaired) electrons. The first kappa shape index (κ1) is 18.5. The number of amides is 2. The van der Waals surface area contributed by atoms with Crippen LogP contribution in [0.3, 0.4) is 0 Å². The molecule has 1 unspecified atom stereocenters. The molecule has 152 valence electrons. The number of piperazine rings is 1. The van der Waals surface area contributed by atoms with Gasteiger partial charge >= 0.3 is 0 Å². The normalized spacial score (nSPS) is 33.7. The van der Waals surface area contributed by atoms with Crippen molar-refractivity contribution in [3.63, 3.8) is 0 Å². The quantitative estimate of drug-likeness (QED) is 0.797. The van der Waals surface area contributed by atoms with Gasteiger partial charge in [0.05, 0.1) is 24.2 Å². The molecule has 29 heavy (non-hydrogen) atoms. The van der Waals surface area contributed by atoms with Gasteiger partial charge in [-0.15, -0.1) is 0 Å². The number of rotatable bonds is 4. The van der Waals surface area contributed by atoms with Gasteiger partial charge in [0.1, 0.15) is 17.7 Å². The number of likely N-dealkylation sites (tertiary alicyclic amines) is 2. The van der Waals surface area contributed by atoms with E-state index in [9.17, 15) is 23.6 Å². The van der Waals surface area contributed by atoms with Gasteiger partial charge in [0.15, 0.2) is 0 Å². The van der Waals surface area contributed by atoms with Crippen molar-refractivity contribution >= 4 is 17.5 Å². The van der Waals surface area contributed by atoms with Crippen LogP contribution in [-0.2, 0) is 9.59 Å². The van der Waals surface area contributed by atoms with Gasteiger partial charge in [-0.2, -0.15) is 5.26 Å². The molecule has 2 amide bonds. The lowest BCUT2D eigenvalue weighted by atomic mass is 10.1. The molecule has 6 atom stereocenters. The van der Waals surface area contributed by atoms with Crippen LogP contribution < -0.4 is 10.6 Å². The van der Waals surface area contributed by atoms with Gasteiger partial charge in [-0.05, 0) is 37.3 Å². The molecule has 1 aliphatic carbocycles. The van der Waals surface area contributed by atoms with Crippen LogP contribution in [0.4, 0.5) is 14.5 Å².